The highest BCUT2D eigenvalue weighted by Crippen LogP contribution is 2.45. The van der Waals surface area contributed by atoms with Gasteiger partial charge >= 0.3 is 6.09 Å². The second-order valence-corrected chi connectivity index (χ2v) is 9.33. The highest BCUT2D eigenvalue weighted by molar-refractivity contribution is 6.32. The smallest absolute Gasteiger partial charge is 0.410 e. The number of carbonyl (C=O) groups excluding carboxylic acids is 1. The predicted molar refractivity (Wildman–Crippen MR) is 107 cm³/mol. The van der Waals surface area contributed by atoms with Gasteiger partial charge in [0.25, 0.3) is 0 Å². The number of nitriles is 1. The summed E-state index contributed by atoms with van der Waals surface area (Å²) in [7, 11) is 0. The first kappa shape index (κ1) is 19.8. The molecule has 0 saturated carbocycles. The quantitative estimate of drug-likeness (QED) is 0.690. The number of carbonyl (C=O) groups is 1. The SMILES string of the molecule is C[C@H]1CC2(CCN(C(=O)OC(C)(C)C)CC2)CN1c1ccc(C#N)c(Cl)c1. The van der Waals surface area contributed by atoms with Crippen molar-refractivity contribution in [2.75, 3.05) is 24.5 Å². The van der Waals surface area contributed by atoms with E-state index in [9.17, 15) is 4.79 Å². The fraction of sp³-hybridized carbons (Fsp3) is 0.619. The fourth-order valence-electron chi connectivity index (χ4n) is 4.29. The van der Waals surface area contributed by atoms with Crippen molar-refractivity contribution in [1.82, 2.24) is 4.90 Å². The van der Waals surface area contributed by atoms with E-state index in [-0.39, 0.29) is 11.5 Å². The summed E-state index contributed by atoms with van der Waals surface area (Å²) in [6.45, 7) is 10.4. The van der Waals surface area contributed by atoms with Gasteiger partial charge in [0, 0.05) is 31.4 Å². The van der Waals surface area contributed by atoms with E-state index >= 15 is 0 Å². The molecule has 2 aliphatic heterocycles. The molecule has 2 saturated heterocycles. The van der Waals surface area contributed by atoms with Crippen molar-refractivity contribution in [3.63, 3.8) is 0 Å². The molecule has 2 fully saturated rings. The second kappa shape index (κ2) is 7.24. The molecule has 1 atom stereocenters. The Kier molecular flexibility index (Phi) is 5.31. The Balaban J connectivity index is 1.66. The van der Waals surface area contributed by atoms with E-state index in [4.69, 9.17) is 21.6 Å². The first-order valence-electron chi connectivity index (χ1n) is 9.57. The largest absolute Gasteiger partial charge is 0.444 e. The van der Waals surface area contributed by atoms with Crippen molar-refractivity contribution >= 4 is 23.4 Å². The van der Waals surface area contributed by atoms with Gasteiger partial charge in [-0.2, -0.15) is 5.26 Å². The number of anilines is 1. The summed E-state index contributed by atoms with van der Waals surface area (Å²) in [5.41, 5.74) is 1.34. The van der Waals surface area contributed by atoms with E-state index in [2.05, 4.69) is 17.9 Å². The van der Waals surface area contributed by atoms with Gasteiger partial charge in [-0.3, -0.25) is 0 Å². The third-order valence-electron chi connectivity index (χ3n) is 5.65. The third kappa shape index (κ3) is 4.32. The summed E-state index contributed by atoms with van der Waals surface area (Å²) >= 11 is 6.23. The van der Waals surface area contributed by atoms with Crippen LogP contribution in [0.3, 0.4) is 0 Å². The molecule has 0 bridgehead atoms. The van der Waals surface area contributed by atoms with E-state index in [0.29, 0.717) is 16.6 Å². The molecule has 1 aromatic rings. The number of likely N-dealkylation sites (tertiary alicyclic amines) is 1. The van der Waals surface area contributed by atoms with Gasteiger partial charge in [-0.05, 0) is 70.6 Å². The van der Waals surface area contributed by atoms with E-state index in [1.54, 1.807) is 6.07 Å². The van der Waals surface area contributed by atoms with Crippen LogP contribution in [-0.4, -0.2) is 42.3 Å². The van der Waals surface area contributed by atoms with Crippen LogP contribution in [0.2, 0.25) is 5.02 Å². The van der Waals surface area contributed by atoms with Gasteiger partial charge in [-0.15, -0.1) is 0 Å². The van der Waals surface area contributed by atoms with Gasteiger partial charge < -0.3 is 14.5 Å². The lowest BCUT2D eigenvalue weighted by atomic mass is 9.77. The summed E-state index contributed by atoms with van der Waals surface area (Å²) < 4.78 is 5.51. The number of ether oxygens (including phenoxy) is 1. The van der Waals surface area contributed by atoms with Crippen LogP contribution < -0.4 is 4.90 Å². The summed E-state index contributed by atoms with van der Waals surface area (Å²) in [6.07, 6.45) is 2.86. The van der Waals surface area contributed by atoms with E-state index in [1.807, 2.05) is 37.8 Å². The number of hydrogen-bond acceptors (Lipinski definition) is 4. The van der Waals surface area contributed by atoms with Crippen LogP contribution in [0.1, 0.15) is 52.5 Å². The number of nitrogens with zero attached hydrogens (tertiary/aromatic N) is 3. The Morgan fingerprint density at radius 1 is 1.33 bits per heavy atom. The predicted octanol–water partition coefficient (Wildman–Crippen LogP) is 4.83. The number of amides is 1. The molecular weight excluding hydrogens is 362 g/mol. The lowest BCUT2D eigenvalue weighted by molar-refractivity contribution is 0.0120. The monoisotopic (exact) mass is 389 g/mol. The van der Waals surface area contributed by atoms with Gasteiger partial charge in [0.15, 0.2) is 0 Å². The van der Waals surface area contributed by atoms with Crippen molar-refractivity contribution in [3.05, 3.63) is 28.8 Å². The van der Waals surface area contributed by atoms with Crippen molar-refractivity contribution in [2.24, 2.45) is 5.41 Å². The highest BCUT2D eigenvalue weighted by Gasteiger charge is 2.45. The Morgan fingerprint density at radius 3 is 2.56 bits per heavy atom. The van der Waals surface area contributed by atoms with Gasteiger partial charge in [0.05, 0.1) is 10.6 Å². The van der Waals surface area contributed by atoms with Gasteiger partial charge in [0.2, 0.25) is 0 Å². The normalized spacial score (nSPS) is 22.0. The third-order valence-corrected chi connectivity index (χ3v) is 5.96. The molecule has 5 nitrogen and oxygen atoms in total. The van der Waals surface area contributed by atoms with Crippen LogP contribution in [0.15, 0.2) is 18.2 Å². The van der Waals surface area contributed by atoms with Gasteiger partial charge in [0.1, 0.15) is 11.7 Å². The first-order valence-corrected chi connectivity index (χ1v) is 9.94. The lowest BCUT2D eigenvalue weighted by Gasteiger charge is -2.39. The molecule has 0 aliphatic carbocycles. The summed E-state index contributed by atoms with van der Waals surface area (Å²) in [6, 6.07) is 8.19. The fourth-order valence-corrected chi connectivity index (χ4v) is 4.51. The Hall–Kier alpha value is -1.93. The lowest BCUT2D eigenvalue weighted by Crippen LogP contribution is -2.46. The van der Waals surface area contributed by atoms with E-state index in [1.165, 1.54) is 0 Å². The van der Waals surface area contributed by atoms with Gasteiger partial charge in [-0.1, -0.05) is 11.6 Å². The maximum Gasteiger partial charge on any atom is 0.410 e. The number of hydrogen-bond donors (Lipinski definition) is 0. The molecule has 0 aromatic heterocycles. The van der Waals surface area contributed by atoms with Crippen molar-refractivity contribution < 1.29 is 9.53 Å². The average Bonchev–Trinajstić information content (AvgIpc) is 2.90. The minimum Gasteiger partial charge on any atom is -0.444 e. The van der Waals surface area contributed by atoms with Crippen LogP contribution in [0.25, 0.3) is 0 Å². The first-order chi connectivity index (χ1) is 12.6. The zero-order valence-electron chi connectivity index (χ0n) is 16.6. The molecule has 1 amide bonds. The van der Waals surface area contributed by atoms with E-state index < -0.39 is 5.60 Å². The van der Waals surface area contributed by atoms with Crippen molar-refractivity contribution in [2.45, 2.75) is 58.6 Å². The van der Waals surface area contributed by atoms with Crippen LogP contribution >= 0.6 is 11.6 Å². The zero-order valence-corrected chi connectivity index (χ0v) is 17.3. The molecular formula is C21H28ClN3O2. The van der Waals surface area contributed by atoms with Crippen LogP contribution in [0, 0.1) is 16.7 Å². The molecule has 146 valence electrons. The standard InChI is InChI=1S/C21H28ClN3O2/c1-15-12-21(7-9-24(10-8-21)19(26)27-20(2,3)4)14-25(15)17-6-5-16(13-23)18(22)11-17/h5-6,11,15H,7-10,12,14H2,1-4H3/t15-/m0/s1. The molecule has 27 heavy (non-hydrogen) atoms. The maximum absolute atomic E-state index is 12.3. The number of piperidine rings is 1. The highest BCUT2D eigenvalue weighted by atomic mass is 35.5. The second-order valence-electron chi connectivity index (χ2n) is 8.92. The zero-order chi connectivity index (χ0) is 19.8. The molecule has 2 heterocycles. The number of benzene rings is 1. The number of rotatable bonds is 1. The molecule has 6 heteroatoms. The molecule has 1 aromatic carbocycles. The Morgan fingerprint density at radius 2 is 2.00 bits per heavy atom. The molecule has 3 rings (SSSR count). The number of halogens is 1. The Labute approximate surface area is 166 Å². The molecule has 0 unspecified atom stereocenters. The van der Waals surface area contributed by atoms with Crippen molar-refractivity contribution in [1.29, 1.82) is 5.26 Å². The minimum absolute atomic E-state index is 0.209. The maximum atomic E-state index is 12.3. The molecule has 2 aliphatic rings. The molecule has 1 spiro atoms. The summed E-state index contributed by atoms with van der Waals surface area (Å²) in [4.78, 5) is 16.5. The minimum atomic E-state index is -0.459. The topological polar surface area (TPSA) is 56.6 Å². The average molecular weight is 390 g/mol. The van der Waals surface area contributed by atoms with Crippen LogP contribution in [-0.2, 0) is 4.74 Å². The van der Waals surface area contributed by atoms with E-state index in [0.717, 1.165) is 44.6 Å². The molecule has 0 radical (unpaired) electrons. The molecule has 0 N–H and O–H groups in total. The van der Waals surface area contributed by atoms with Crippen LogP contribution in [0.4, 0.5) is 10.5 Å². The van der Waals surface area contributed by atoms with Crippen molar-refractivity contribution in [3.8, 4) is 6.07 Å². The van der Waals surface area contributed by atoms with Gasteiger partial charge in [-0.25, -0.2) is 4.79 Å². The van der Waals surface area contributed by atoms with Crippen LogP contribution in [0.5, 0.6) is 0 Å². The Bertz CT molecular complexity index is 758. The summed E-state index contributed by atoms with van der Waals surface area (Å²) in [5.74, 6) is 0. The summed E-state index contributed by atoms with van der Waals surface area (Å²) in [5, 5.41) is 9.58.